The van der Waals surface area contributed by atoms with Gasteiger partial charge in [0.15, 0.2) is 0 Å². The summed E-state index contributed by atoms with van der Waals surface area (Å²) in [4.78, 5) is 38.7. The Morgan fingerprint density at radius 2 is 1.74 bits per heavy atom. The molecule has 1 aliphatic carbocycles. The highest BCUT2D eigenvalue weighted by Gasteiger charge is 2.28. The minimum atomic E-state index is -0.927. The van der Waals surface area contributed by atoms with Crippen molar-refractivity contribution in [2.75, 3.05) is 11.9 Å². The molecule has 8 nitrogen and oxygen atoms in total. The van der Waals surface area contributed by atoms with E-state index in [0.717, 1.165) is 47.3 Å². The number of rotatable bonds is 8. The Bertz CT molecular complexity index is 1360. The van der Waals surface area contributed by atoms with Crippen LogP contribution < -0.4 is 15.5 Å². The van der Waals surface area contributed by atoms with Gasteiger partial charge in [-0.2, -0.15) is 5.10 Å². The SMILES string of the molecule is CCOC(=O)c1c(NC(=O)C(=O)N/N=C(\C)c2ccc(OCc3ccccc3C)cc2)sc2c1CCCC2. The van der Waals surface area contributed by atoms with Gasteiger partial charge in [-0.15, -0.1) is 11.3 Å². The van der Waals surface area contributed by atoms with E-state index in [0.29, 0.717) is 28.6 Å². The Labute approximate surface area is 226 Å². The summed E-state index contributed by atoms with van der Waals surface area (Å²) in [6, 6.07) is 15.4. The molecule has 0 unspecified atom stereocenters. The predicted molar refractivity (Wildman–Crippen MR) is 148 cm³/mol. The molecular weight excluding hydrogens is 502 g/mol. The van der Waals surface area contributed by atoms with Crippen LogP contribution in [0.2, 0.25) is 0 Å². The number of hydrogen-bond acceptors (Lipinski definition) is 7. The number of carbonyl (C=O) groups is 3. The van der Waals surface area contributed by atoms with Crippen molar-refractivity contribution in [3.05, 3.63) is 81.2 Å². The van der Waals surface area contributed by atoms with Crippen LogP contribution in [0.1, 0.15) is 64.2 Å². The lowest BCUT2D eigenvalue weighted by Crippen LogP contribution is -2.33. The van der Waals surface area contributed by atoms with Crippen molar-refractivity contribution in [1.82, 2.24) is 5.43 Å². The number of amides is 2. The first-order chi connectivity index (χ1) is 18.4. The van der Waals surface area contributed by atoms with E-state index >= 15 is 0 Å². The molecule has 0 spiro atoms. The molecule has 3 aromatic rings. The van der Waals surface area contributed by atoms with Gasteiger partial charge in [0.05, 0.1) is 17.9 Å². The molecule has 198 valence electrons. The standard InChI is InChI=1S/C29H31N3O5S/c1-4-36-29(35)25-23-11-7-8-12-24(23)38-28(25)30-26(33)27(34)32-31-19(3)20-13-15-22(16-14-20)37-17-21-10-6-5-9-18(21)2/h5-6,9-10,13-16H,4,7-8,11-12,17H2,1-3H3,(H,30,33)(H,32,34)/b31-19+. The number of anilines is 1. The number of fused-ring (bicyclic) bond motifs is 1. The van der Waals surface area contributed by atoms with Gasteiger partial charge in [-0.1, -0.05) is 24.3 Å². The summed E-state index contributed by atoms with van der Waals surface area (Å²) in [5.41, 5.74) is 7.15. The van der Waals surface area contributed by atoms with Crippen LogP contribution in [0.25, 0.3) is 0 Å². The molecule has 1 aliphatic rings. The second kappa shape index (κ2) is 12.5. The van der Waals surface area contributed by atoms with Crippen LogP contribution in [0.5, 0.6) is 5.75 Å². The number of carbonyl (C=O) groups excluding carboxylic acids is 3. The largest absolute Gasteiger partial charge is 0.489 e. The van der Waals surface area contributed by atoms with Crippen molar-refractivity contribution in [1.29, 1.82) is 0 Å². The van der Waals surface area contributed by atoms with Crippen LogP contribution in [0, 0.1) is 6.92 Å². The summed E-state index contributed by atoms with van der Waals surface area (Å²) < 4.78 is 11.1. The summed E-state index contributed by atoms with van der Waals surface area (Å²) in [7, 11) is 0. The average molecular weight is 534 g/mol. The van der Waals surface area contributed by atoms with Gasteiger partial charge >= 0.3 is 17.8 Å². The van der Waals surface area contributed by atoms with Gasteiger partial charge in [0.1, 0.15) is 17.4 Å². The molecule has 0 saturated heterocycles. The second-order valence-electron chi connectivity index (χ2n) is 8.97. The topological polar surface area (TPSA) is 106 Å². The first-order valence-electron chi connectivity index (χ1n) is 12.6. The van der Waals surface area contributed by atoms with E-state index in [-0.39, 0.29) is 6.61 Å². The van der Waals surface area contributed by atoms with Gasteiger partial charge in [0.25, 0.3) is 0 Å². The number of thiophene rings is 1. The molecule has 4 rings (SSSR count). The lowest BCUT2D eigenvalue weighted by Gasteiger charge is -2.12. The fourth-order valence-electron chi connectivity index (χ4n) is 4.21. The summed E-state index contributed by atoms with van der Waals surface area (Å²) in [5, 5.41) is 7.01. The lowest BCUT2D eigenvalue weighted by atomic mass is 9.95. The van der Waals surface area contributed by atoms with Gasteiger partial charge in [0.2, 0.25) is 0 Å². The minimum Gasteiger partial charge on any atom is -0.489 e. The summed E-state index contributed by atoms with van der Waals surface area (Å²) in [6.45, 7) is 6.20. The monoisotopic (exact) mass is 533 g/mol. The highest BCUT2D eigenvalue weighted by molar-refractivity contribution is 7.17. The molecule has 0 fully saturated rings. The number of nitrogens with one attached hydrogen (secondary N) is 2. The second-order valence-corrected chi connectivity index (χ2v) is 10.1. The molecule has 2 amide bonds. The molecule has 2 N–H and O–H groups in total. The van der Waals surface area contributed by atoms with Crippen molar-refractivity contribution in [2.24, 2.45) is 5.10 Å². The highest BCUT2D eigenvalue weighted by Crippen LogP contribution is 2.38. The van der Waals surface area contributed by atoms with Crippen molar-refractivity contribution < 1.29 is 23.9 Å². The van der Waals surface area contributed by atoms with Crippen molar-refractivity contribution in [3.8, 4) is 5.75 Å². The van der Waals surface area contributed by atoms with Gasteiger partial charge in [-0.25, -0.2) is 10.2 Å². The normalized spacial score (nSPS) is 12.9. The van der Waals surface area contributed by atoms with Crippen molar-refractivity contribution >= 4 is 39.8 Å². The third kappa shape index (κ3) is 6.47. The fourth-order valence-corrected chi connectivity index (χ4v) is 5.48. The third-order valence-electron chi connectivity index (χ3n) is 6.34. The molecule has 0 bridgehead atoms. The summed E-state index contributed by atoms with van der Waals surface area (Å²) >= 11 is 1.33. The van der Waals surface area contributed by atoms with Crippen LogP contribution in [0.3, 0.4) is 0 Å². The first kappa shape index (κ1) is 27.1. The van der Waals surface area contributed by atoms with Gasteiger partial charge < -0.3 is 14.8 Å². The molecule has 0 radical (unpaired) electrons. The molecule has 0 aliphatic heterocycles. The molecule has 1 aromatic heterocycles. The van der Waals surface area contributed by atoms with Crippen LogP contribution in [-0.2, 0) is 33.8 Å². The minimum absolute atomic E-state index is 0.227. The van der Waals surface area contributed by atoms with E-state index in [1.807, 2.05) is 55.5 Å². The van der Waals surface area contributed by atoms with E-state index in [1.165, 1.54) is 16.9 Å². The fraction of sp³-hybridized carbons (Fsp3) is 0.310. The predicted octanol–water partition coefficient (Wildman–Crippen LogP) is 5.17. The molecule has 1 heterocycles. The number of esters is 1. The summed E-state index contributed by atoms with van der Waals surface area (Å²) in [5.74, 6) is -1.60. The van der Waals surface area contributed by atoms with Crippen LogP contribution in [0.4, 0.5) is 5.00 Å². The zero-order chi connectivity index (χ0) is 27.1. The van der Waals surface area contributed by atoms with E-state index in [4.69, 9.17) is 9.47 Å². The van der Waals surface area contributed by atoms with E-state index in [1.54, 1.807) is 13.8 Å². The maximum atomic E-state index is 12.6. The zero-order valence-corrected chi connectivity index (χ0v) is 22.6. The number of hydrazone groups is 1. The maximum Gasteiger partial charge on any atom is 0.341 e. The highest BCUT2D eigenvalue weighted by atomic mass is 32.1. The lowest BCUT2D eigenvalue weighted by molar-refractivity contribution is -0.136. The molecule has 38 heavy (non-hydrogen) atoms. The maximum absolute atomic E-state index is 12.6. The molecule has 2 aromatic carbocycles. The number of hydrogen-bond donors (Lipinski definition) is 2. The Hall–Kier alpha value is -3.98. The zero-order valence-electron chi connectivity index (χ0n) is 21.8. The Balaban J connectivity index is 1.36. The van der Waals surface area contributed by atoms with E-state index in [9.17, 15) is 14.4 Å². The van der Waals surface area contributed by atoms with Gasteiger partial charge in [-0.05, 0) is 93.0 Å². The molecular formula is C29H31N3O5S. The third-order valence-corrected chi connectivity index (χ3v) is 7.54. The van der Waals surface area contributed by atoms with E-state index < -0.39 is 17.8 Å². The van der Waals surface area contributed by atoms with E-state index in [2.05, 4.69) is 15.8 Å². The summed E-state index contributed by atoms with van der Waals surface area (Å²) in [6.07, 6.45) is 3.59. The van der Waals surface area contributed by atoms with Crippen molar-refractivity contribution in [2.45, 2.75) is 53.1 Å². The number of aryl methyl sites for hydroxylation is 2. The molecule has 0 atom stereocenters. The van der Waals surface area contributed by atoms with Crippen LogP contribution >= 0.6 is 11.3 Å². The first-order valence-corrected chi connectivity index (χ1v) is 13.4. The molecule has 0 saturated carbocycles. The Morgan fingerprint density at radius 3 is 2.47 bits per heavy atom. The smallest absolute Gasteiger partial charge is 0.341 e. The number of benzene rings is 2. The Kier molecular flexibility index (Phi) is 8.91. The van der Waals surface area contributed by atoms with Gasteiger partial charge in [-0.3, -0.25) is 9.59 Å². The van der Waals surface area contributed by atoms with Gasteiger partial charge in [0, 0.05) is 4.88 Å². The van der Waals surface area contributed by atoms with Crippen LogP contribution in [-0.4, -0.2) is 30.1 Å². The number of ether oxygens (including phenoxy) is 2. The average Bonchev–Trinajstić information content (AvgIpc) is 3.29. The quantitative estimate of drug-likeness (QED) is 0.180. The molecule has 9 heteroatoms. The Morgan fingerprint density at radius 1 is 1.00 bits per heavy atom. The van der Waals surface area contributed by atoms with Crippen LogP contribution in [0.15, 0.2) is 53.6 Å². The number of nitrogens with zero attached hydrogens (tertiary/aromatic N) is 1. The van der Waals surface area contributed by atoms with Crippen molar-refractivity contribution in [3.63, 3.8) is 0 Å².